The van der Waals surface area contributed by atoms with Gasteiger partial charge in [-0.2, -0.15) is 0 Å². The molecule has 0 unspecified atom stereocenters. The van der Waals surface area contributed by atoms with Gasteiger partial charge in [0.25, 0.3) is 5.56 Å². The van der Waals surface area contributed by atoms with E-state index in [0.29, 0.717) is 17.1 Å². The first-order valence-corrected chi connectivity index (χ1v) is 11.4. The van der Waals surface area contributed by atoms with Gasteiger partial charge in [-0.1, -0.05) is 43.4 Å². The number of pyridine rings is 1. The van der Waals surface area contributed by atoms with E-state index < -0.39 is 29.8 Å². The van der Waals surface area contributed by atoms with Crippen LogP contribution in [-0.2, 0) is 0 Å². The van der Waals surface area contributed by atoms with Crippen molar-refractivity contribution >= 4 is 17.5 Å². The molecule has 174 valence electrons. The monoisotopic (exact) mass is 474 g/mol. The van der Waals surface area contributed by atoms with Crippen molar-refractivity contribution in [1.29, 1.82) is 0 Å². The molecule has 0 bridgehead atoms. The average Bonchev–Trinajstić information content (AvgIpc) is 3.07. The van der Waals surface area contributed by atoms with Gasteiger partial charge in [-0.25, -0.2) is 18.7 Å². The molecule has 0 aliphatic heterocycles. The Morgan fingerprint density at radius 2 is 1.88 bits per heavy atom. The van der Waals surface area contributed by atoms with E-state index in [4.69, 9.17) is 11.6 Å². The Morgan fingerprint density at radius 3 is 2.55 bits per heavy atom. The third kappa shape index (κ3) is 5.39. The second-order valence-corrected chi connectivity index (χ2v) is 8.66. The number of nitrogens with one attached hydrogen (secondary N) is 1. The lowest BCUT2D eigenvalue weighted by Crippen LogP contribution is -2.27. The molecule has 3 aromatic rings. The van der Waals surface area contributed by atoms with Gasteiger partial charge in [-0.3, -0.25) is 4.79 Å². The van der Waals surface area contributed by atoms with Crippen molar-refractivity contribution in [1.82, 2.24) is 14.5 Å². The summed E-state index contributed by atoms with van der Waals surface area (Å²) in [5.74, 6) is -0.960. The smallest absolute Gasteiger partial charge is 0.251 e. The molecule has 4 rings (SSSR count). The zero-order chi connectivity index (χ0) is 23.4. The van der Waals surface area contributed by atoms with Crippen molar-refractivity contribution < 1.29 is 13.9 Å². The van der Waals surface area contributed by atoms with Gasteiger partial charge in [-0.05, 0) is 36.6 Å². The second-order valence-electron chi connectivity index (χ2n) is 8.26. The van der Waals surface area contributed by atoms with E-state index in [9.17, 15) is 18.7 Å². The maximum atomic E-state index is 14.5. The highest BCUT2D eigenvalue weighted by atomic mass is 35.5. The van der Waals surface area contributed by atoms with Crippen molar-refractivity contribution in [3.8, 4) is 11.3 Å². The summed E-state index contributed by atoms with van der Waals surface area (Å²) in [5.41, 5.74) is 0.207. The predicted molar refractivity (Wildman–Crippen MR) is 123 cm³/mol. The molecule has 33 heavy (non-hydrogen) atoms. The summed E-state index contributed by atoms with van der Waals surface area (Å²) in [4.78, 5) is 21.2. The third-order valence-electron chi connectivity index (χ3n) is 5.99. The van der Waals surface area contributed by atoms with Crippen LogP contribution in [0.5, 0.6) is 0 Å². The molecule has 1 aliphatic carbocycles. The van der Waals surface area contributed by atoms with Gasteiger partial charge in [0.05, 0.1) is 23.9 Å². The number of aliphatic hydroxyl groups excluding tert-OH is 1. The number of hydrogen-bond acceptors (Lipinski definition) is 5. The summed E-state index contributed by atoms with van der Waals surface area (Å²) >= 11 is 5.73. The van der Waals surface area contributed by atoms with Crippen LogP contribution >= 0.6 is 11.6 Å². The van der Waals surface area contributed by atoms with E-state index in [1.807, 2.05) is 0 Å². The fourth-order valence-corrected chi connectivity index (χ4v) is 4.33. The molecule has 6 nitrogen and oxygen atoms in total. The molecule has 0 radical (unpaired) electrons. The summed E-state index contributed by atoms with van der Waals surface area (Å²) in [7, 11) is 0. The molecule has 1 fully saturated rings. The number of nitrogens with zero attached hydrogens (tertiary/aromatic N) is 3. The van der Waals surface area contributed by atoms with Crippen molar-refractivity contribution in [3.05, 3.63) is 75.3 Å². The molecular formula is C24H25ClF2N4O2. The molecule has 0 saturated heterocycles. The van der Waals surface area contributed by atoms with Gasteiger partial charge >= 0.3 is 0 Å². The van der Waals surface area contributed by atoms with Gasteiger partial charge in [0.2, 0.25) is 5.95 Å². The second kappa shape index (κ2) is 10.4. The quantitative estimate of drug-likeness (QED) is 0.494. The summed E-state index contributed by atoms with van der Waals surface area (Å²) in [6.07, 6.45) is 9.24. The van der Waals surface area contributed by atoms with Crippen LogP contribution in [0.4, 0.5) is 14.7 Å². The van der Waals surface area contributed by atoms with Crippen LogP contribution in [0, 0.1) is 11.6 Å². The lowest BCUT2D eigenvalue weighted by Gasteiger charge is -2.19. The number of benzene rings is 1. The Hall–Kier alpha value is -2.84. The van der Waals surface area contributed by atoms with E-state index >= 15 is 0 Å². The minimum atomic E-state index is -0.818. The molecule has 1 saturated carbocycles. The van der Waals surface area contributed by atoms with Crippen LogP contribution in [0.2, 0.25) is 5.02 Å². The number of aromatic nitrogens is 3. The molecule has 1 aromatic carbocycles. The molecule has 0 spiro atoms. The van der Waals surface area contributed by atoms with Gasteiger partial charge < -0.3 is 15.0 Å². The minimum absolute atomic E-state index is 0.0171. The maximum absolute atomic E-state index is 14.5. The van der Waals surface area contributed by atoms with E-state index in [1.165, 1.54) is 47.9 Å². The van der Waals surface area contributed by atoms with Crippen LogP contribution in [0.15, 0.2) is 47.5 Å². The lowest BCUT2D eigenvalue weighted by molar-refractivity contribution is 0.247. The Labute approximate surface area is 195 Å². The first-order chi connectivity index (χ1) is 16.0. The number of anilines is 1. The van der Waals surface area contributed by atoms with Crippen molar-refractivity contribution in [2.24, 2.45) is 0 Å². The Morgan fingerprint density at radius 1 is 1.12 bits per heavy atom. The van der Waals surface area contributed by atoms with E-state index in [0.717, 1.165) is 31.9 Å². The SMILES string of the molecule is O=c1cc(-c2nc(NC3CCCCCC3)ncc2F)ccn1[C@H](CO)c1ccc(Cl)c(F)c1. The predicted octanol–water partition coefficient (Wildman–Crippen LogP) is 4.95. The maximum Gasteiger partial charge on any atom is 0.251 e. The number of halogens is 3. The molecule has 2 heterocycles. The molecule has 0 amide bonds. The van der Waals surface area contributed by atoms with Crippen LogP contribution in [0.1, 0.15) is 50.1 Å². The zero-order valence-corrected chi connectivity index (χ0v) is 18.7. The van der Waals surface area contributed by atoms with Gasteiger partial charge in [0, 0.05) is 23.9 Å². The standard InChI is InChI=1S/C24H25ClF2N4O2/c25-18-8-7-15(11-19(18)26)21(14-32)31-10-9-16(12-22(31)33)23-20(27)13-28-24(30-23)29-17-5-3-1-2-4-6-17/h7-13,17,21,32H,1-6,14H2,(H,28,29,30)/t21-/m1/s1. The zero-order valence-electron chi connectivity index (χ0n) is 18.0. The largest absolute Gasteiger partial charge is 0.394 e. The van der Waals surface area contributed by atoms with Gasteiger partial charge in [-0.15, -0.1) is 0 Å². The highest BCUT2D eigenvalue weighted by Crippen LogP contribution is 2.25. The first kappa shape index (κ1) is 23.3. The number of hydrogen-bond donors (Lipinski definition) is 2. The fraction of sp³-hybridized carbons (Fsp3) is 0.375. The molecule has 2 aromatic heterocycles. The van der Waals surface area contributed by atoms with Crippen molar-refractivity contribution in [3.63, 3.8) is 0 Å². The summed E-state index contributed by atoms with van der Waals surface area (Å²) in [6.45, 7) is -0.433. The van der Waals surface area contributed by atoms with Crippen LogP contribution in [-0.4, -0.2) is 32.3 Å². The minimum Gasteiger partial charge on any atom is -0.394 e. The average molecular weight is 475 g/mol. The Balaban J connectivity index is 1.61. The molecule has 1 aliphatic rings. The van der Waals surface area contributed by atoms with E-state index in [2.05, 4.69) is 15.3 Å². The van der Waals surface area contributed by atoms with Crippen LogP contribution in [0.3, 0.4) is 0 Å². The molecular weight excluding hydrogens is 450 g/mol. The van der Waals surface area contributed by atoms with Crippen molar-refractivity contribution in [2.75, 3.05) is 11.9 Å². The lowest BCUT2D eigenvalue weighted by atomic mass is 10.1. The van der Waals surface area contributed by atoms with Gasteiger partial charge in [0.15, 0.2) is 5.82 Å². The molecule has 1 atom stereocenters. The van der Waals surface area contributed by atoms with Crippen LogP contribution < -0.4 is 10.9 Å². The number of aliphatic hydroxyl groups is 1. The van der Waals surface area contributed by atoms with E-state index in [1.54, 1.807) is 6.07 Å². The van der Waals surface area contributed by atoms with Crippen LogP contribution in [0.25, 0.3) is 11.3 Å². The topological polar surface area (TPSA) is 80.0 Å². The molecule has 2 N–H and O–H groups in total. The highest BCUT2D eigenvalue weighted by molar-refractivity contribution is 6.30. The Bertz CT molecular complexity index is 1180. The fourth-order valence-electron chi connectivity index (χ4n) is 4.21. The summed E-state index contributed by atoms with van der Waals surface area (Å²) in [6, 6.07) is 6.30. The molecule has 9 heteroatoms. The summed E-state index contributed by atoms with van der Waals surface area (Å²) in [5, 5.41) is 13.1. The third-order valence-corrected chi connectivity index (χ3v) is 6.30. The Kier molecular flexibility index (Phi) is 7.35. The van der Waals surface area contributed by atoms with Crippen molar-refractivity contribution in [2.45, 2.75) is 50.6 Å². The summed E-state index contributed by atoms with van der Waals surface area (Å²) < 4.78 is 29.7. The van der Waals surface area contributed by atoms with E-state index in [-0.39, 0.29) is 16.8 Å². The highest BCUT2D eigenvalue weighted by Gasteiger charge is 2.19. The first-order valence-electron chi connectivity index (χ1n) is 11.0. The normalized spacial score (nSPS) is 15.8. The van der Waals surface area contributed by atoms with Gasteiger partial charge in [0.1, 0.15) is 11.5 Å². The number of rotatable bonds is 6.